The van der Waals surface area contributed by atoms with Crippen molar-refractivity contribution in [2.24, 2.45) is 5.92 Å². The van der Waals surface area contributed by atoms with Gasteiger partial charge < -0.3 is 14.7 Å². The Morgan fingerprint density at radius 3 is 2.87 bits per heavy atom. The van der Waals surface area contributed by atoms with Crippen LogP contribution in [0.25, 0.3) is 11.4 Å². The number of benzene rings is 1. The van der Waals surface area contributed by atoms with Gasteiger partial charge in [-0.1, -0.05) is 24.2 Å². The molecule has 1 fully saturated rings. The minimum atomic E-state index is -0.0782. The van der Waals surface area contributed by atoms with E-state index in [0.29, 0.717) is 31.2 Å². The fourth-order valence-electron chi connectivity index (χ4n) is 3.79. The third-order valence-corrected chi connectivity index (χ3v) is 6.26. The normalized spacial score (nSPS) is 16.3. The zero-order valence-corrected chi connectivity index (χ0v) is 18.7. The highest BCUT2D eigenvalue weighted by Crippen LogP contribution is 2.30. The van der Waals surface area contributed by atoms with Crippen molar-refractivity contribution in [1.82, 2.24) is 20.4 Å². The molecule has 1 amide bonds. The van der Waals surface area contributed by atoms with Crippen LogP contribution in [-0.4, -0.2) is 40.4 Å². The Labute approximate surface area is 186 Å². The zero-order chi connectivity index (χ0) is 21.6. The van der Waals surface area contributed by atoms with Gasteiger partial charge in [-0.05, 0) is 48.9 Å². The van der Waals surface area contributed by atoms with Crippen LogP contribution in [0.15, 0.2) is 52.0 Å². The topological polar surface area (TPSA) is 84.2 Å². The van der Waals surface area contributed by atoms with Gasteiger partial charge in [0.05, 0.1) is 11.5 Å². The van der Waals surface area contributed by atoms with Crippen molar-refractivity contribution < 1.29 is 9.32 Å². The second kappa shape index (κ2) is 9.96. The average Bonchev–Trinajstić information content (AvgIpc) is 3.32. The lowest BCUT2D eigenvalue weighted by Gasteiger charge is -2.33. The van der Waals surface area contributed by atoms with Crippen molar-refractivity contribution >= 4 is 23.5 Å². The molecule has 0 unspecified atom stereocenters. The number of carbonyl (C=O) groups is 1. The van der Waals surface area contributed by atoms with Crippen molar-refractivity contribution in [3.63, 3.8) is 0 Å². The molecule has 31 heavy (non-hydrogen) atoms. The summed E-state index contributed by atoms with van der Waals surface area (Å²) in [7, 11) is 0. The first kappa shape index (κ1) is 21.4. The van der Waals surface area contributed by atoms with Gasteiger partial charge in [0.2, 0.25) is 17.6 Å². The number of aromatic nitrogens is 3. The zero-order valence-electron chi connectivity index (χ0n) is 17.9. The van der Waals surface area contributed by atoms with Crippen molar-refractivity contribution in [2.75, 3.05) is 24.2 Å². The van der Waals surface area contributed by atoms with Crippen LogP contribution >= 0.6 is 11.8 Å². The molecule has 3 heterocycles. The Kier molecular flexibility index (Phi) is 6.86. The van der Waals surface area contributed by atoms with E-state index in [0.717, 1.165) is 36.3 Å². The Bertz CT molecular complexity index is 1020. The van der Waals surface area contributed by atoms with Crippen LogP contribution in [0, 0.1) is 5.92 Å². The number of carbonyl (C=O) groups excluding carboxylic acids is 1. The Morgan fingerprint density at radius 1 is 1.29 bits per heavy atom. The minimum Gasteiger partial charge on any atom is -0.355 e. The molecule has 0 spiro atoms. The van der Waals surface area contributed by atoms with Gasteiger partial charge in [0.1, 0.15) is 5.82 Å². The summed E-state index contributed by atoms with van der Waals surface area (Å²) < 4.78 is 5.29. The summed E-state index contributed by atoms with van der Waals surface area (Å²) in [5.41, 5.74) is 1.94. The van der Waals surface area contributed by atoms with Gasteiger partial charge in [0.15, 0.2) is 0 Å². The molecule has 1 N–H and O–H groups in total. The number of pyridine rings is 1. The molecule has 8 heteroatoms. The predicted octanol–water partition coefficient (Wildman–Crippen LogP) is 3.95. The summed E-state index contributed by atoms with van der Waals surface area (Å²) in [5, 5.41) is 7.21. The van der Waals surface area contributed by atoms with Gasteiger partial charge in [-0.2, -0.15) is 4.98 Å². The molecular weight excluding hydrogens is 410 g/mol. The standard InChI is InChI=1S/C23H27N5O2S/c1-3-20-26-21(27-30-20)19-7-4-12-24-22(19)28-13-5-6-17(15-28)23(29)25-14-16-8-10-18(31-2)11-9-16/h4,7-12,17H,3,5-6,13-15H2,1-2H3,(H,25,29)/t17-/m0/s1. The predicted molar refractivity (Wildman–Crippen MR) is 122 cm³/mol. The maximum Gasteiger partial charge on any atom is 0.226 e. The lowest BCUT2D eigenvalue weighted by molar-refractivity contribution is -0.125. The number of piperidine rings is 1. The molecule has 0 radical (unpaired) electrons. The largest absolute Gasteiger partial charge is 0.355 e. The van der Waals surface area contributed by atoms with E-state index in [1.165, 1.54) is 4.90 Å². The molecule has 1 saturated heterocycles. The summed E-state index contributed by atoms with van der Waals surface area (Å²) >= 11 is 1.71. The van der Waals surface area contributed by atoms with Crippen molar-refractivity contribution in [2.45, 2.75) is 37.6 Å². The highest BCUT2D eigenvalue weighted by molar-refractivity contribution is 7.98. The molecule has 7 nitrogen and oxygen atoms in total. The molecule has 1 aromatic carbocycles. The third kappa shape index (κ3) is 5.07. The van der Waals surface area contributed by atoms with Crippen LogP contribution in [0.4, 0.5) is 5.82 Å². The molecule has 4 rings (SSSR count). The van der Waals surface area contributed by atoms with Crippen LogP contribution < -0.4 is 10.2 Å². The molecule has 1 atom stereocenters. The van der Waals surface area contributed by atoms with E-state index in [2.05, 4.69) is 55.9 Å². The van der Waals surface area contributed by atoms with Gasteiger partial charge in [0.25, 0.3) is 0 Å². The van der Waals surface area contributed by atoms with Crippen LogP contribution in [0.2, 0.25) is 0 Å². The van der Waals surface area contributed by atoms with Crippen LogP contribution in [0.5, 0.6) is 0 Å². The quantitative estimate of drug-likeness (QED) is 0.560. The molecule has 162 valence electrons. The maximum absolute atomic E-state index is 12.9. The number of hydrogen-bond acceptors (Lipinski definition) is 7. The first-order chi connectivity index (χ1) is 15.2. The van der Waals surface area contributed by atoms with E-state index in [-0.39, 0.29) is 11.8 Å². The lowest BCUT2D eigenvalue weighted by atomic mass is 9.96. The lowest BCUT2D eigenvalue weighted by Crippen LogP contribution is -2.43. The number of thioether (sulfide) groups is 1. The Morgan fingerprint density at radius 2 is 2.13 bits per heavy atom. The number of nitrogens with zero attached hydrogens (tertiary/aromatic N) is 4. The second-order valence-corrected chi connectivity index (χ2v) is 8.47. The fraction of sp³-hybridized carbons (Fsp3) is 0.391. The van der Waals surface area contributed by atoms with Gasteiger partial charge >= 0.3 is 0 Å². The van der Waals surface area contributed by atoms with Crippen molar-refractivity contribution in [3.05, 3.63) is 54.0 Å². The molecule has 0 bridgehead atoms. The van der Waals surface area contributed by atoms with E-state index >= 15 is 0 Å². The van der Waals surface area contributed by atoms with E-state index in [1.54, 1.807) is 18.0 Å². The van der Waals surface area contributed by atoms with Crippen molar-refractivity contribution in [3.8, 4) is 11.4 Å². The molecular formula is C23H27N5O2S. The van der Waals surface area contributed by atoms with Crippen molar-refractivity contribution in [1.29, 1.82) is 0 Å². The molecule has 0 saturated carbocycles. The summed E-state index contributed by atoms with van der Waals surface area (Å²) in [4.78, 5) is 25.3. The summed E-state index contributed by atoms with van der Waals surface area (Å²) in [6, 6.07) is 12.1. The van der Waals surface area contributed by atoms with Gasteiger partial charge in [-0.15, -0.1) is 11.8 Å². The van der Waals surface area contributed by atoms with Crippen LogP contribution in [-0.2, 0) is 17.8 Å². The van der Waals surface area contributed by atoms with E-state index in [9.17, 15) is 4.79 Å². The van der Waals surface area contributed by atoms with E-state index in [4.69, 9.17) is 4.52 Å². The molecule has 1 aliphatic heterocycles. The first-order valence-corrected chi connectivity index (χ1v) is 11.8. The average molecular weight is 438 g/mol. The van der Waals surface area contributed by atoms with Gasteiger partial charge in [0, 0.05) is 37.1 Å². The third-order valence-electron chi connectivity index (χ3n) is 5.52. The van der Waals surface area contributed by atoms with E-state index < -0.39 is 0 Å². The number of aryl methyl sites for hydroxylation is 1. The molecule has 2 aromatic heterocycles. The maximum atomic E-state index is 12.9. The van der Waals surface area contributed by atoms with E-state index in [1.807, 2.05) is 19.1 Å². The molecule has 1 aliphatic rings. The highest BCUT2D eigenvalue weighted by atomic mass is 32.2. The number of anilines is 1. The van der Waals surface area contributed by atoms with Gasteiger partial charge in [-0.25, -0.2) is 4.98 Å². The van der Waals surface area contributed by atoms with Crippen LogP contribution in [0.3, 0.4) is 0 Å². The second-order valence-electron chi connectivity index (χ2n) is 7.59. The number of nitrogens with one attached hydrogen (secondary N) is 1. The summed E-state index contributed by atoms with van der Waals surface area (Å²) in [5.74, 6) is 1.96. The SMILES string of the molecule is CCc1nc(-c2cccnc2N2CCC[C@H](C(=O)NCc3ccc(SC)cc3)C2)no1. The smallest absolute Gasteiger partial charge is 0.226 e. The fourth-order valence-corrected chi connectivity index (χ4v) is 4.20. The first-order valence-electron chi connectivity index (χ1n) is 10.6. The number of hydrogen-bond donors (Lipinski definition) is 1. The van der Waals surface area contributed by atoms with Gasteiger partial charge in [-0.3, -0.25) is 4.79 Å². The minimum absolute atomic E-state index is 0.0782. The number of rotatable bonds is 7. The highest BCUT2D eigenvalue weighted by Gasteiger charge is 2.28. The van der Waals surface area contributed by atoms with Crippen LogP contribution in [0.1, 0.15) is 31.2 Å². The summed E-state index contributed by atoms with van der Waals surface area (Å²) in [6.45, 7) is 4.00. The molecule has 0 aliphatic carbocycles. The number of amides is 1. The molecule has 3 aromatic rings. The Hall–Kier alpha value is -2.87. The Balaban J connectivity index is 1.43. The monoisotopic (exact) mass is 437 g/mol. The summed E-state index contributed by atoms with van der Waals surface area (Å²) in [6.07, 6.45) is 6.32.